The average Bonchev–Trinajstić information content (AvgIpc) is 2.66. The summed E-state index contributed by atoms with van der Waals surface area (Å²) in [4.78, 5) is 22.6. The summed E-state index contributed by atoms with van der Waals surface area (Å²) >= 11 is 6.14. The molecule has 0 radical (unpaired) electrons. The van der Waals surface area contributed by atoms with E-state index in [1.54, 1.807) is 30.3 Å². The van der Waals surface area contributed by atoms with E-state index in [2.05, 4.69) is 10.6 Å². The Morgan fingerprint density at radius 3 is 2.48 bits per heavy atom. The fourth-order valence-electron chi connectivity index (χ4n) is 2.42. The maximum Gasteiger partial charge on any atom is 0.292 e. The highest BCUT2D eigenvalue weighted by molar-refractivity contribution is 6.34. The number of halogens is 1. The van der Waals surface area contributed by atoms with Crippen LogP contribution in [0.4, 0.5) is 17.1 Å². The van der Waals surface area contributed by atoms with E-state index >= 15 is 0 Å². The molecule has 2 N–H and O–H groups in total. The molecular weight excluding hydrogens is 374 g/mol. The summed E-state index contributed by atoms with van der Waals surface area (Å²) in [5.74, 6) is 0.692. The van der Waals surface area contributed by atoms with Crippen LogP contribution in [-0.4, -0.2) is 31.6 Å². The molecule has 0 aliphatic heterocycles. The molecule has 0 aliphatic carbocycles. The van der Waals surface area contributed by atoms with E-state index in [4.69, 9.17) is 21.1 Å². The maximum atomic E-state index is 12.1. The molecule has 1 amide bonds. The second kappa shape index (κ2) is 9.63. The third-order valence-corrected chi connectivity index (χ3v) is 4.06. The molecule has 0 spiro atoms. The lowest BCUT2D eigenvalue weighted by Gasteiger charge is -2.13. The molecule has 0 saturated carbocycles. The van der Waals surface area contributed by atoms with Gasteiger partial charge in [0.05, 0.1) is 29.9 Å². The normalized spacial score (nSPS) is 10.2. The maximum absolute atomic E-state index is 12.1. The Morgan fingerprint density at radius 2 is 1.81 bits per heavy atom. The van der Waals surface area contributed by atoms with Gasteiger partial charge in [0.1, 0.15) is 5.69 Å². The van der Waals surface area contributed by atoms with Crippen molar-refractivity contribution in [1.29, 1.82) is 0 Å². The molecular formula is C18H20ClN3O5. The number of rotatable bonds is 9. The van der Waals surface area contributed by atoms with E-state index in [9.17, 15) is 14.9 Å². The molecule has 0 fully saturated rings. The Bertz CT molecular complexity index is 829. The van der Waals surface area contributed by atoms with E-state index in [1.165, 1.54) is 20.3 Å². The number of hydrogen-bond acceptors (Lipinski definition) is 6. The van der Waals surface area contributed by atoms with Gasteiger partial charge in [-0.2, -0.15) is 0 Å². The van der Waals surface area contributed by atoms with Crippen LogP contribution < -0.4 is 20.1 Å². The fraction of sp³-hybridized carbons (Fsp3) is 0.278. The number of nitro benzene ring substituents is 1. The predicted octanol–water partition coefficient (Wildman–Crippen LogP) is 4.10. The zero-order valence-electron chi connectivity index (χ0n) is 15.0. The first kappa shape index (κ1) is 20.3. The SMILES string of the molecule is COc1cc(Cl)c(NC(=O)CCCNc2ccccc2[N+](=O)[O-])cc1OC. The lowest BCUT2D eigenvalue weighted by molar-refractivity contribution is -0.384. The van der Waals surface area contributed by atoms with Gasteiger partial charge in [-0.25, -0.2) is 0 Å². The molecule has 2 aromatic carbocycles. The number of nitrogens with zero attached hydrogens (tertiary/aromatic N) is 1. The zero-order valence-corrected chi connectivity index (χ0v) is 15.7. The molecule has 0 atom stereocenters. The number of methoxy groups -OCH3 is 2. The van der Waals surface area contributed by atoms with Gasteiger partial charge in [-0.1, -0.05) is 23.7 Å². The zero-order chi connectivity index (χ0) is 19.8. The minimum atomic E-state index is -0.450. The Kier molecular flexibility index (Phi) is 7.25. The van der Waals surface area contributed by atoms with Gasteiger partial charge in [-0.3, -0.25) is 14.9 Å². The molecule has 0 aromatic heterocycles. The quantitative estimate of drug-likeness (QED) is 0.378. The van der Waals surface area contributed by atoms with Crippen molar-refractivity contribution >= 4 is 34.6 Å². The third kappa shape index (κ3) is 5.49. The second-order valence-corrected chi connectivity index (χ2v) is 5.95. The lowest BCUT2D eigenvalue weighted by Crippen LogP contribution is -2.14. The van der Waals surface area contributed by atoms with Gasteiger partial charge in [0.15, 0.2) is 11.5 Å². The van der Waals surface area contributed by atoms with Crippen molar-refractivity contribution in [2.24, 2.45) is 0 Å². The summed E-state index contributed by atoms with van der Waals surface area (Å²) in [6.07, 6.45) is 0.709. The van der Waals surface area contributed by atoms with Gasteiger partial charge in [0, 0.05) is 31.2 Å². The van der Waals surface area contributed by atoms with Crippen LogP contribution in [0, 0.1) is 10.1 Å². The van der Waals surface area contributed by atoms with Crippen LogP contribution in [0.5, 0.6) is 11.5 Å². The molecule has 0 unspecified atom stereocenters. The lowest BCUT2D eigenvalue weighted by atomic mass is 10.2. The number of anilines is 2. The standard InChI is InChI=1S/C18H20ClN3O5/c1-26-16-10-12(19)14(11-17(16)27-2)21-18(23)8-5-9-20-13-6-3-4-7-15(13)22(24)25/h3-4,6-7,10-11,20H,5,8-9H2,1-2H3,(H,21,23). The van der Waals surface area contributed by atoms with E-state index in [1.807, 2.05) is 0 Å². The van der Waals surface area contributed by atoms with Crippen molar-refractivity contribution in [1.82, 2.24) is 0 Å². The molecule has 0 aliphatic rings. The monoisotopic (exact) mass is 393 g/mol. The number of nitro groups is 1. The van der Waals surface area contributed by atoms with Crippen LogP contribution in [0.3, 0.4) is 0 Å². The van der Waals surface area contributed by atoms with Crippen molar-refractivity contribution in [2.45, 2.75) is 12.8 Å². The predicted molar refractivity (Wildman–Crippen MR) is 104 cm³/mol. The van der Waals surface area contributed by atoms with Crippen LogP contribution in [-0.2, 0) is 4.79 Å². The number of benzene rings is 2. The van der Waals surface area contributed by atoms with Gasteiger partial charge < -0.3 is 20.1 Å². The third-order valence-electron chi connectivity index (χ3n) is 3.74. The summed E-state index contributed by atoms with van der Waals surface area (Å²) in [7, 11) is 2.99. The topological polar surface area (TPSA) is 103 Å². The summed E-state index contributed by atoms with van der Waals surface area (Å²) in [5.41, 5.74) is 0.843. The molecule has 2 aromatic rings. The summed E-state index contributed by atoms with van der Waals surface area (Å²) in [6.45, 7) is 0.415. The fourth-order valence-corrected chi connectivity index (χ4v) is 2.62. The summed E-state index contributed by atoms with van der Waals surface area (Å²) in [6, 6.07) is 9.51. The number of ether oxygens (including phenoxy) is 2. The number of nitrogens with one attached hydrogen (secondary N) is 2. The van der Waals surface area contributed by atoms with Crippen molar-refractivity contribution in [3.05, 3.63) is 51.5 Å². The second-order valence-electron chi connectivity index (χ2n) is 5.54. The highest BCUT2D eigenvalue weighted by Gasteiger charge is 2.13. The van der Waals surface area contributed by atoms with Crippen molar-refractivity contribution in [3.8, 4) is 11.5 Å². The van der Waals surface area contributed by atoms with Crippen LogP contribution >= 0.6 is 11.6 Å². The largest absolute Gasteiger partial charge is 0.493 e. The smallest absolute Gasteiger partial charge is 0.292 e. The minimum Gasteiger partial charge on any atom is -0.493 e. The number of carbonyl (C=O) groups is 1. The van der Waals surface area contributed by atoms with Crippen LogP contribution in [0.15, 0.2) is 36.4 Å². The van der Waals surface area contributed by atoms with E-state index < -0.39 is 4.92 Å². The molecule has 9 heteroatoms. The Labute approximate surface area is 161 Å². The first-order valence-electron chi connectivity index (χ1n) is 8.15. The highest BCUT2D eigenvalue weighted by Crippen LogP contribution is 2.36. The van der Waals surface area contributed by atoms with Gasteiger partial charge in [-0.15, -0.1) is 0 Å². The number of hydrogen-bond donors (Lipinski definition) is 2. The molecule has 8 nitrogen and oxygen atoms in total. The first-order chi connectivity index (χ1) is 13.0. The van der Waals surface area contributed by atoms with Crippen LogP contribution in [0.25, 0.3) is 0 Å². The van der Waals surface area contributed by atoms with Gasteiger partial charge >= 0.3 is 0 Å². The van der Waals surface area contributed by atoms with E-state index in [-0.39, 0.29) is 18.0 Å². The van der Waals surface area contributed by atoms with Crippen LogP contribution in [0.1, 0.15) is 12.8 Å². The first-order valence-corrected chi connectivity index (χ1v) is 8.52. The Balaban J connectivity index is 1.88. The van der Waals surface area contributed by atoms with Crippen molar-refractivity contribution in [2.75, 3.05) is 31.4 Å². The summed E-state index contributed by atoms with van der Waals surface area (Å²) in [5, 5.41) is 17.0. The van der Waals surface area contributed by atoms with Gasteiger partial charge in [0.25, 0.3) is 5.69 Å². The molecule has 0 saturated heterocycles. The summed E-state index contributed by atoms with van der Waals surface area (Å²) < 4.78 is 10.3. The number of amides is 1. The van der Waals surface area contributed by atoms with Crippen LogP contribution in [0.2, 0.25) is 5.02 Å². The number of carbonyl (C=O) groups excluding carboxylic acids is 1. The highest BCUT2D eigenvalue weighted by atomic mass is 35.5. The molecule has 0 bridgehead atoms. The average molecular weight is 394 g/mol. The molecule has 2 rings (SSSR count). The van der Waals surface area contributed by atoms with Gasteiger partial charge in [0.2, 0.25) is 5.91 Å². The number of para-hydroxylation sites is 2. The minimum absolute atomic E-state index is 0.000869. The molecule has 0 heterocycles. The Hall–Kier alpha value is -3.00. The van der Waals surface area contributed by atoms with Gasteiger partial charge in [-0.05, 0) is 12.5 Å². The molecule has 27 heavy (non-hydrogen) atoms. The van der Waals surface area contributed by atoms with Crippen molar-refractivity contribution < 1.29 is 19.2 Å². The van der Waals surface area contributed by atoms with E-state index in [0.717, 1.165) is 0 Å². The Morgan fingerprint density at radius 1 is 1.15 bits per heavy atom. The molecule has 144 valence electrons. The van der Waals surface area contributed by atoms with E-state index in [0.29, 0.717) is 40.9 Å². The van der Waals surface area contributed by atoms with Crippen molar-refractivity contribution in [3.63, 3.8) is 0 Å².